The van der Waals surface area contributed by atoms with Crippen LogP contribution in [0.15, 0.2) is 42.1 Å². The van der Waals surface area contributed by atoms with Crippen LogP contribution in [0.3, 0.4) is 0 Å². The van der Waals surface area contributed by atoms with Gasteiger partial charge in [0.25, 0.3) is 0 Å². The number of allylic oxidation sites excluding steroid dienone is 1. The highest BCUT2D eigenvalue weighted by Gasteiger charge is 2.16. The predicted molar refractivity (Wildman–Crippen MR) is 108 cm³/mol. The fourth-order valence-corrected chi connectivity index (χ4v) is 3.03. The average Bonchev–Trinajstić information content (AvgIpc) is 3.03. The molecule has 0 aliphatic heterocycles. The van der Waals surface area contributed by atoms with Gasteiger partial charge in [-0.3, -0.25) is 14.7 Å². The van der Waals surface area contributed by atoms with E-state index in [0.717, 1.165) is 12.0 Å². The summed E-state index contributed by atoms with van der Waals surface area (Å²) in [7, 11) is 0. The van der Waals surface area contributed by atoms with Crippen LogP contribution in [-0.4, -0.2) is 38.5 Å². The van der Waals surface area contributed by atoms with Gasteiger partial charge in [0, 0.05) is 23.2 Å². The molecule has 2 aromatic rings. The number of aromatic nitrogens is 3. The zero-order chi connectivity index (χ0) is 19.8. The summed E-state index contributed by atoms with van der Waals surface area (Å²) in [6.45, 7) is 8.07. The molecule has 7 nitrogen and oxygen atoms in total. The van der Waals surface area contributed by atoms with Gasteiger partial charge < -0.3 is 5.32 Å². The van der Waals surface area contributed by atoms with Crippen molar-refractivity contribution in [3.63, 3.8) is 0 Å². The minimum Gasteiger partial charge on any atom is -0.335 e. The topological polar surface area (TPSA) is 88.9 Å². The minimum atomic E-state index is -0.496. The van der Waals surface area contributed by atoms with Gasteiger partial charge in [-0.15, -0.1) is 16.8 Å². The highest BCUT2D eigenvalue weighted by atomic mass is 35.5. The summed E-state index contributed by atoms with van der Waals surface area (Å²) < 4.78 is 1.85. The number of thioether (sulfide) groups is 1. The first-order chi connectivity index (χ1) is 12.9. The van der Waals surface area contributed by atoms with Crippen molar-refractivity contribution in [2.24, 2.45) is 0 Å². The van der Waals surface area contributed by atoms with Crippen molar-refractivity contribution in [3.8, 4) is 11.4 Å². The molecule has 1 atom stereocenters. The van der Waals surface area contributed by atoms with Crippen LogP contribution in [0.4, 0.5) is 4.79 Å². The van der Waals surface area contributed by atoms with E-state index >= 15 is 0 Å². The average molecular weight is 408 g/mol. The molecule has 1 heterocycles. The van der Waals surface area contributed by atoms with E-state index in [1.165, 1.54) is 11.8 Å². The molecule has 0 aliphatic rings. The molecule has 0 bridgehead atoms. The summed E-state index contributed by atoms with van der Waals surface area (Å²) in [6, 6.07) is 6.77. The van der Waals surface area contributed by atoms with Gasteiger partial charge in [0.05, 0.1) is 5.75 Å². The molecule has 0 saturated heterocycles. The van der Waals surface area contributed by atoms with E-state index in [2.05, 4.69) is 27.4 Å². The van der Waals surface area contributed by atoms with Gasteiger partial charge in [-0.1, -0.05) is 36.4 Å². The van der Waals surface area contributed by atoms with Gasteiger partial charge in [0.15, 0.2) is 11.0 Å². The van der Waals surface area contributed by atoms with Crippen LogP contribution in [0.1, 0.15) is 20.3 Å². The number of carbonyl (C=O) groups excluding carboxylic acids is 2. The number of urea groups is 1. The monoisotopic (exact) mass is 407 g/mol. The quantitative estimate of drug-likeness (QED) is 0.516. The highest BCUT2D eigenvalue weighted by Crippen LogP contribution is 2.25. The van der Waals surface area contributed by atoms with E-state index in [1.54, 1.807) is 18.2 Å². The third-order valence-corrected chi connectivity index (χ3v) is 4.92. The van der Waals surface area contributed by atoms with E-state index in [4.69, 9.17) is 11.6 Å². The molecule has 0 saturated carbocycles. The molecule has 0 fully saturated rings. The van der Waals surface area contributed by atoms with Crippen molar-refractivity contribution in [2.45, 2.75) is 38.0 Å². The van der Waals surface area contributed by atoms with Crippen LogP contribution >= 0.6 is 23.4 Å². The predicted octanol–water partition coefficient (Wildman–Crippen LogP) is 3.50. The van der Waals surface area contributed by atoms with Gasteiger partial charge in [0.1, 0.15) is 0 Å². The summed E-state index contributed by atoms with van der Waals surface area (Å²) >= 11 is 7.14. The Kier molecular flexibility index (Phi) is 7.87. The van der Waals surface area contributed by atoms with Crippen molar-refractivity contribution in [1.82, 2.24) is 25.4 Å². The molecule has 144 valence electrons. The maximum Gasteiger partial charge on any atom is 0.321 e. The molecule has 1 aromatic heterocycles. The van der Waals surface area contributed by atoms with Crippen LogP contribution in [-0.2, 0) is 11.3 Å². The second-order valence-electron chi connectivity index (χ2n) is 5.83. The van der Waals surface area contributed by atoms with Crippen LogP contribution in [0.2, 0.25) is 5.02 Å². The molecular weight excluding hydrogens is 386 g/mol. The SMILES string of the molecule is C=CCn1c(SCC(=O)NC(=O)N[C@H](C)CC)nnc1-c1ccc(Cl)cc1. The standard InChI is InChI=1S/C18H22ClN5O2S/c1-4-10-24-16(13-6-8-14(19)9-7-13)22-23-18(24)27-11-15(25)21-17(26)20-12(3)5-2/h4,6-9,12H,1,5,10-11H2,2-3H3,(H2,20,21,25,26)/t12-/m1/s1. The number of carbonyl (C=O) groups is 2. The third kappa shape index (κ3) is 6.11. The van der Waals surface area contributed by atoms with Crippen molar-refractivity contribution in [3.05, 3.63) is 41.9 Å². The lowest BCUT2D eigenvalue weighted by Gasteiger charge is -2.11. The fraction of sp³-hybridized carbons (Fsp3) is 0.333. The minimum absolute atomic E-state index is 0.00285. The lowest BCUT2D eigenvalue weighted by Crippen LogP contribution is -2.43. The van der Waals surface area contributed by atoms with Crippen molar-refractivity contribution >= 4 is 35.3 Å². The van der Waals surface area contributed by atoms with Crippen LogP contribution < -0.4 is 10.6 Å². The van der Waals surface area contributed by atoms with E-state index in [0.29, 0.717) is 22.5 Å². The van der Waals surface area contributed by atoms with E-state index in [-0.39, 0.29) is 11.8 Å². The number of nitrogens with zero attached hydrogens (tertiary/aromatic N) is 3. The molecule has 0 unspecified atom stereocenters. The molecule has 9 heteroatoms. The van der Waals surface area contributed by atoms with Crippen molar-refractivity contribution in [2.75, 3.05) is 5.75 Å². The van der Waals surface area contributed by atoms with Gasteiger partial charge in [-0.25, -0.2) is 4.79 Å². The lowest BCUT2D eigenvalue weighted by molar-refractivity contribution is -0.117. The summed E-state index contributed by atoms with van der Waals surface area (Å²) in [4.78, 5) is 23.7. The van der Waals surface area contributed by atoms with Crippen LogP contribution in [0.25, 0.3) is 11.4 Å². The largest absolute Gasteiger partial charge is 0.335 e. The Balaban J connectivity index is 2.04. The molecule has 1 aromatic carbocycles. The fourth-order valence-electron chi connectivity index (χ4n) is 2.16. The second kappa shape index (κ2) is 10.1. The Labute approximate surface area is 167 Å². The molecule has 0 radical (unpaired) electrons. The molecular formula is C18H22ClN5O2S. The second-order valence-corrected chi connectivity index (χ2v) is 7.21. The highest BCUT2D eigenvalue weighted by molar-refractivity contribution is 7.99. The normalized spacial score (nSPS) is 11.7. The molecule has 2 N–H and O–H groups in total. The Hall–Kier alpha value is -2.32. The lowest BCUT2D eigenvalue weighted by atomic mass is 10.2. The van der Waals surface area contributed by atoms with Crippen molar-refractivity contribution < 1.29 is 9.59 Å². The molecule has 2 rings (SSSR count). The smallest absolute Gasteiger partial charge is 0.321 e. The van der Waals surface area contributed by atoms with Gasteiger partial charge in [0.2, 0.25) is 5.91 Å². The van der Waals surface area contributed by atoms with Crippen LogP contribution in [0, 0.1) is 0 Å². The Morgan fingerprint density at radius 2 is 2.04 bits per heavy atom. The summed E-state index contributed by atoms with van der Waals surface area (Å²) in [5.74, 6) is 0.301. The molecule has 3 amide bonds. The van der Waals surface area contributed by atoms with Gasteiger partial charge in [-0.05, 0) is 37.6 Å². The zero-order valence-electron chi connectivity index (χ0n) is 15.2. The Morgan fingerprint density at radius 1 is 1.33 bits per heavy atom. The first kappa shape index (κ1) is 21.0. The van der Waals surface area contributed by atoms with Crippen LogP contribution in [0.5, 0.6) is 0 Å². The Bertz CT molecular complexity index is 807. The molecule has 27 heavy (non-hydrogen) atoms. The van der Waals surface area contributed by atoms with Gasteiger partial charge >= 0.3 is 6.03 Å². The summed E-state index contributed by atoms with van der Waals surface area (Å²) in [6.07, 6.45) is 2.51. The van der Waals surface area contributed by atoms with Gasteiger partial charge in [-0.2, -0.15) is 0 Å². The molecule has 0 aliphatic carbocycles. The molecule has 0 spiro atoms. The van der Waals surface area contributed by atoms with E-state index in [9.17, 15) is 9.59 Å². The number of hydrogen-bond donors (Lipinski definition) is 2. The number of nitrogens with one attached hydrogen (secondary N) is 2. The summed E-state index contributed by atoms with van der Waals surface area (Å²) in [5, 5.41) is 14.6. The Morgan fingerprint density at radius 3 is 2.67 bits per heavy atom. The van der Waals surface area contributed by atoms with E-state index in [1.807, 2.05) is 30.5 Å². The van der Waals surface area contributed by atoms with E-state index < -0.39 is 11.9 Å². The number of benzene rings is 1. The first-order valence-corrected chi connectivity index (χ1v) is 9.84. The zero-order valence-corrected chi connectivity index (χ0v) is 16.8. The summed E-state index contributed by atoms with van der Waals surface area (Å²) in [5.41, 5.74) is 0.859. The number of imide groups is 1. The number of amides is 3. The first-order valence-electron chi connectivity index (χ1n) is 8.47. The third-order valence-electron chi connectivity index (χ3n) is 3.71. The number of halogens is 1. The number of rotatable bonds is 8. The maximum absolute atomic E-state index is 12.0. The maximum atomic E-state index is 12.0. The van der Waals surface area contributed by atoms with Crippen molar-refractivity contribution in [1.29, 1.82) is 0 Å². The number of hydrogen-bond acceptors (Lipinski definition) is 5.